The molecule has 1 aromatic rings. The Hall–Kier alpha value is 0.170. The van der Waals surface area contributed by atoms with Gasteiger partial charge in [-0.15, -0.1) is 0 Å². The SMILES string of the molecule is Cc1ccc(S(=O)O)cc1.O.O.O.O.[NaH]. The van der Waals surface area contributed by atoms with Crippen LogP contribution in [-0.2, 0) is 11.1 Å². The molecule has 0 amide bonds. The van der Waals surface area contributed by atoms with Crippen LogP contribution in [0.1, 0.15) is 5.56 Å². The molecule has 8 heteroatoms. The topological polar surface area (TPSA) is 163 Å². The van der Waals surface area contributed by atoms with Crippen molar-refractivity contribution in [3.63, 3.8) is 0 Å². The van der Waals surface area contributed by atoms with E-state index in [1.165, 1.54) is 0 Å². The molecule has 1 atom stereocenters. The minimum absolute atomic E-state index is 0. The van der Waals surface area contributed by atoms with Gasteiger partial charge in [0.25, 0.3) is 0 Å². The molecule has 6 nitrogen and oxygen atoms in total. The van der Waals surface area contributed by atoms with E-state index in [-0.39, 0.29) is 51.5 Å². The third-order valence-electron chi connectivity index (χ3n) is 1.22. The Morgan fingerprint density at radius 1 is 1.00 bits per heavy atom. The van der Waals surface area contributed by atoms with E-state index in [2.05, 4.69) is 0 Å². The molecule has 0 aliphatic carbocycles. The van der Waals surface area contributed by atoms with E-state index in [9.17, 15) is 4.21 Å². The molecule has 0 aliphatic heterocycles. The zero-order valence-electron chi connectivity index (χ0n) is 7.57. The van der Waals surface area contributed by atoms with E-state index in [1.54, 1.807) is 12.1 Å². The molecule has 0 heterocycles. The van der Waals surface area contributed by atoms with Crippen molar-refractivity contribution in [3.8, 4) is 0 Å². The van der Waals surface area contributed by atoms with Gasteiger partial charge < -0.3 is 26.5 Å². The van der Waals surface area contributed by atoms with Crippen molar-refractivity contribution in [3.05, 3.63) is 29.8 Å². The van der Waals surface area contributed by atoms with Crippen LogP contribution in [0.3, 0.4) is 0 Å². The molecular weight excluding hydrogens is 235 g/mol. The van der Waals surface area contributed by atoms with Gasteiger partial charge in [-0.25, -0.2) is 4.21 Å². The van der Waals surface area contributed by atoms with Crippen molar-refractivity contribution < 1.29 is 30.7 Å². The van der Waals surface area contributed by atoms with Gasteiger partial charge in [0, 0.05) is 0 Å². The summed E-state index contributed by atoms with van der Waals surface area (Å²) in [6.07, 6.45) is 0. The van der Waals surface area contributed by atoms with Crippen molar-refractivity contribution in [1.29, 1.82) is 0 Å². The first kappa shape index (κ1) is 29.4. The van der Waals surface area contributed by atoms with Crippen molar-refractivity contribution in [2.75, 3.05) is 0 Å². The molecule has 88 valence electrons. The summed E-state index contributed by atoms with van der Waals surface area (Å²) in [6.45, 7) is 1.93. The predicted molar refractivity (Wildman–Crippen MR) is 61.8 cm³/mol. The van der Waals surface area contributed by atoms with Gasteiger partial charge in [-0.05, 0) is 19.1 Å². The van der Waals surface area contributed by atoms with Gasteiger partial charge >= 0.3 is 29.6 Å². The van der Waals surface area contributed by atoms with Crippen LogP contribution in [0, 0.1) is 6.92 Å². The summed E-state index contributed by atoms with van der Waals surface area (Å²) in [6, 6.07) is 6.91. The van der Waals surface area contributed by atoms with E-state index < -0.39 is 11.1 Å². The summed E-state index contributed by atoms with van der Waals surface area (Å²) < 4.78 is 19.0. The monoisotopic (exact) mass is 252 g/mol. The van der Waals surface area contributed by atoms with Crippen LogP contribution in [0.25, 0.3) is 0 Å². The molecule has 0 saturated heterocycles. The maximum atomic E-state index is 10.4. The van der Waals surface area contributed by atoms with Crippen molar-refractivity contribution >= 4 is 40.6 Å². The Bertz CT molecular complexity index is 252. The van der Waals surface area contributed by atoms with Crippen LogP contribution in [0.2, 0.25) is 0 Å². The van der Waals surface area contributed by atoms with Crippen LogP contribution >= 0.6 is 0 Å². The zero-order chi connectivity index (χ0) is 7.56. The summed E-state index contributed by atoms with van der Waals surface area (Å²) in [7, 11) is 0. The second-order valence-corrected chi connectivity index (χ2v) is 3.03. The van der Waals surface area contributed by atoms with Gasteiger partial charge in [-0.1, -0.05) is 17.7 Å². The summed E-state index contributed by atoms with van der Waals surface area (Å²) in [5.74, 6) is 0. The molecular formula is C7H17NaO6S. The molecule has 1 rings (SSSR count). The first-order valence-electron chi connectivity index (χ1n) is 2.87. The summed E-state index contributed by atoms with van der Waals surface area (Å²) >= 11 is -1.84. The van der Waals surface area contributed by atoms with E-state index >= 15 is 0 Å². The molecule has 1 aromatic carbocycles. The fraction of sp³-hybridized carbons (Fsp3) is 0.143. The number of hydrogen-bond acceptors (Lipinski definition) is 1. The number of rotatable bonds is 1. The first-order chi connectivity index (χ1) is 4.70. The summed E-state index contributed by atoms with van der Waals surface area (Å²) in [5.41, 5.74) is 1.09. The third-order valence-corrected chi connectivity index (χ3v) is 1.90. The van der Waals surface area contributed by atoms with Crippen LogP contribution < -0.4 is 0 Å². The van der Waals surface area contributed by atoms with Crippen molar-refractivity contribution in [1.82, 2.24) is 0 Å². The zero-order valence-corrected chi connectivity index (χ0v) is 8.39. The molecule has 0 aromatic heterocycles. The Balaban J connectivity index is -0.0000000667. The Labute approximate surface area is 113 Å². The van der Waals surface area contributed by atoms with E-state index in [4.69, 9.17) is 4.55 Å². The average Bonchev–Trinajstić information content (AvgIpc) is 1.88. The van der Waals surface area contributed by atoms with Crippen LogP contribution in [0.5, 0.6) is 0 Å². The quantitative estimate of drug-likeness (QED) is 0.436. The molecule has 0 bridgehead atoms. The van der Waals surface area contributed by atoms with Crippen molar-refractivity contribution in [2.24, 2.45) is 0 Å². The van der Waals surface area contributed by atoms with E-state index in [1.807, 2.05) is 19.1 Å². The first-order valence-corrected chi connectivity index (χ1v) is 3.98. The fourth-order valence-corrected chi connectivity index (χ4v) is 1.02. The molecule has 0 saturated carbocycles. The fourth-order valence-electron chi connectivity index (χ4n) is 0.655. The van der Waals surface area contributed by atoms with Gasteiger partial charge in [0.05, 0.1) is 4.90 Å². The molecule has 9 N–H and O–H groups in total. The molecule has 0 aliphatic rings. The second-order valence-electron chi connectivity index (χ2n) is 2.06. The van der Waals surface area contributed by atoms with Crippen LogP contribution in [-0.4, -0.2) is 60.2 Å². The average molecular weight is 252 g/mol. The normalized spacial score (nSPS) is 8.67. The predicted octanol–water partition coefficient (Wildman–Crippen LogP) is -2.37. The van der Waals surface area contributed by atoms with Gasteiger partial charge in [0.1, 0.15) is 0 Å². The Morgan fingerprint density at radius 2 is 1.33 bits per heavy atom. The Kier molecular flexibility index (Phi) is 27.8. The second kappa shape index (κ2) is 14.2. The van der Waals surface area contributed by atoms with Crippen LogP contribution in [0.15, 0.2) is 29.2 Å². The van der Waals surface area contributed by atoms with Crippen molar-refractivity contribution in [2.45, 2.75) is 11.8 Å². The van der Waals surface area contributed by atoms with Gasteiger partial charge in [0.2, 0.25) is 0 Å². The third kappa shape index (κ3) is 10.5. The molecule has 1 unspecified atom stereocenters. The molecule has 0 fully saturated rings. The number of hydrogen-bond donors (Lipinski definition) is 1. The van der Waals surface area contributed by atoms with Gasteiger partial charge in [-0.2, -0.15) is 0 Å². The standard InChI is InChI=1S/C7H8O2S.Na.4H2O.H/c1-6-2-4-7(5-3-6)10(8)9;;;;;;/h2-5H,1H3,(H,8,9);;4*1H2;. The molecule has 15 heavy (non-hydrogen) atoms. The van der Waals surface area contributed by atoms with E-state index in [0.717, 1.165) is 5.56 Å². The maximum absolute atomic E-state index is 10.4. The summed E-state index contributed by atoms with van der Waals surface area (Å²) in [4.78, 5) is 0.450. The van der Waals surface area contributed by atoms with Gasteiger partial charge in [-0.3, -0.25) is 0 Å². The Morgan fingerprint density at radius 3 is 1.60 bits per heavy atom. The number of benzene rings is 1. The van der Waals surface area contributed by atoms with E-state index in [0.29, 0.717) is 4.90 Å². The number of aryl methyl sites for hydroxylation is 1. The van der Waals surface area contributed by atoms with Crippen LogP contribution in [0.4, 0.5) is 0 Å². The summed E-state index contributed by atoms with van der Waals surface area (Å²) in [5, 5.41) is 0. The van der Waals surface area contributed by atoms with Gasteiger partial charge in [0.15, 0.2) is 11.1 Å². The minimum atomic E-state index is -1.84. The molecule has 0 radical (unpaired) electrons. The molecule has 0 spiro atoms.